The van der Waals surface area contributed by atoms with Crippen molar-refractivity contribution in [2.45, 2.75) is 32.2 Å². The van der Waals surface area contributed by atoms with Crippen molar-refractivity contribution in [2.24, 2.45) is 0 Å². The topological polar surface area (TPSA) is 68.0 Å². The number of nitrogens with zero attached hydrogens (tertiary/aromatic N) is 3. The summed E-state index contributed by atoms with van der Waals surface area (Å²) in [5, 5.41) is 3.87. The Hall–Kier alpha value is -2.54. The number of carbonyl (C=O) groups is 1. The number of likely N-dealkylation sites (N-methyl/N-ethyl adjacent to an activating group) is 1. The zero-order chi connectivity index (χ0) is 20.1. The third-order valence-electron chi connectivity index (χ3n) is 5.36. The number of methoxy groups -OCH3 is 2. The summed E-state index contributed by atoms with van der Waals surface area (Å²) in [4.78, 5) is 16.9. The average molecular weight is 387 g/mol. The SMILES string of the molecule is COc1ccc(CCN(C)C2CCCN(C(=O)c3cc(C)on3)C2)cc1OC. The molecule has 1 aliphatic rings. The number of aromatic nitrogens is 1. The van der Waals surface area contributed by atoms with Crippen LogP contribution in [0.1, 0.15) is 34.7 Å². The van der Waals surface area contributed by atoms with Gasteiger partial charge in [0.2, 0.25) is 0 Å². The molecule has 1 aromatic carbocycles. The van der Waals surface area contributed by atoms with Gasteiger partial charge in [0.1, 0.15) is 5.76 Å². The second-order valence-electron chi connectivity index (χ2n) is 7.29. The average Bonchev–Trinajstić information content (AvgIpc) is 3.17. The van der Waals surface area contributed by atoms with E-state index in [1.54, 1.807) is 27.2 Å². The summed E-state index contributed by atoms with van der Waals surface area (Å²) in [6.45, 7) is 4.19. The van der Waals surface area contributed by atoms with Gasteiger partial charge in [0.15, 0.2) is 17.2 Å². The van der Waals surface area contributed by atoms with E-state index in [-0.39, 0.29) is 5.91 Å². The Kier molecular flexibility index (Phi) is 6.57. The number of hydrogen-bond donors (Lipinski definition) is 0. The number of likely N-dealkylation sites (tertiary alicyclic amines) is 1. The summed E-state index contributed by atoms with van der Waals surface area (Å²) in [5.74, 6) is 2.10. The highest BCUT2D eigenvalue weighted by Crippen LogP contribution is 2.28. The summed E-state index contributed by atoms with van der Waals surface area (Å²) in [7, 11) is 5.42. The molecule has 2 aromatic rings. The molecule has 1 saturated heterocycles. The molecular formula is C21H29N3O4. The third-order valence-corrected chi connectivity index (χ3v) is 5.36. The van der Waals surface area contributed by atoms with Gasteiger partial charge in [-0.05, 0) is 50.9 Å². The van der Waals surface area contributed by atoms with E-state index >= 15 is 0 Å². The van der Waals surface area contributed by atoms with Crippen molar-refractivity contribution < 1.29 is 18.8 Å². The maximum absolute atomic E-state index is 12.7. The number of piperidine rings is 1. The summed E-state index contributed by atoms with van der Waals surface area (Å²) in [5.41, 5.74) is 1.59. The van der Waals surface area contributed by atoms with Crippen LogP contribution in [-0.4, -0.2) is 67.8 Å². The smallest absolute Gasteiger partial charge is 0.276 e. The lowest BCUT2D eigenvalue weighted by molar-refractivity contribution is 0.0601. The molecule has 0 bridgehead atoms. The van der Waals surface area contributed by atoms with Gasteiger partial charge in [0, 0.05) is 31.7 Å². The Bertz CT molecular complexity index is 805. The molecule has 0 saturated carbocycles. The van der Waals surface area contributed by atoms with Crippen LogP contribution in [0, 0.1) is 6.92 Å². The molecule has 0 spiro atoms. The molecule has 152 valence electrons. The number of amides is 1. The zero-order valence-electron chi connectivity index (χ0n) is 17.1. The predicted molar refractivity (Wildman–Crippen MR) is 106 cm³/mol. The van der Waals surface area contributed by atoms with Gasteiger partial charge in [-0.15, -0.1) is 0 Å². The Morgan fingerprint density at radius 3 is 2.75 bits per heavy atom. The molecule has 7 nitrogen and oxygen atoms in total. The number of ether oxygens (including phenoxy) is 2. The Morgan fingerprint density at radius 2 is 2.07 bits per heavy atom. The van der Waals surface area contributed by atoms with Crippen LogP contribution in [0.3, 0.4) is 0 Å². The number of hydrogen-bond acceptors (Lipinski definition) is 6. The Morgan fingerprint density at radius 1 is 1.29 bits per heavy atom. The molecule has 3 rings (SSSR count). The highest BCUT2D eigenvalue weighted by molar-refractivity contribution is 5.92. The van der Waals surface area contributed by atoms with E-state index in [4.69, 9.17) is 14.0 Å². The van der Waals surface area contributed by atoms with Gasteiger partial charge in [-0.3, -0.25) is 4.79 Å². The molecule has 1 fully saturated rings. The summed E-state index contributed by atoms with van der Waals surface area (Å²) >= 11 is 0. The van der Waals surface area contributed by atoms with Crippen LogP contribution >= 0.6 is 0 Å². The monoisotopic (exact) mass is 387 g/mol. The standard InChI is InChI=1S/C21H29N3O4/c1-15-12-18(22-28-15)21(25)24-10-5-6-17(14-24)23(2)11-9-16-7-8-19(26-3)20(13-16)27-4/h7-8,12-13,17H,5-6,9-11,14H2,1-4H3. The lowest BCUT2D eigenvalue weighted by Crippen LogP contribution is -2.49. The largest absolute Gasteiger partial charge is 0.493 e. The number of aryl methyl sites for hydroxylation is 1. The lowest BCUT2D eigenvalue weighted by atomic mass is 10.0. The van der Waals surface area contributed by atoms with Crippen molar-refractivity contribution in [1.82, 2.24) is 15.0 Å². The van der Waals surface area contributed by atoms with Crippen LogP contribution in [0.25, 0.3) is 0 Å². The number of rotatable bonds is 7. The molecule has 1 aliphatic heterocycles. The Balaban J connectivity index is 1.57. The molecule has 28 heavy (non-hydrogen) atoms. The minimum absolute atomic E-state index is 0.0464. The molecule has 7 heteroatoms. The van der Waals surface area contributed by atoms with Gasteiger partial charge in [-0.1, -0.05) is 11.2 Å². The van der Waals surface area contributed by atoms with Gasteiger partial charge >= 0.3 is 0 Å². The van der Waals surface area contributed by atoms with Crippen LogP contribution < -0.4 is 9.47 Å². The van der Waals surface area contributed by atoms with Crippen LogP contribution in [0.15, 0.2) is 28.8 Å². The quantitative estimate of drug-likeness (QED) is 0.728. The summed E-state index contributed by atoms with van der Waals surface area (Å²) < 4.78 is 15.7. The fraction of sp³-hybridized carbons (Fsp3) is 0.524. The second kappa shape index (κ2) is 9.10. The highest BCUT2D eigenvalue weighted by Gasteiger charge is 2.28. The second-order valence-corrected chi connectivity index (χ2v) is 7.29. The van der Waals surface area contributed by atoms with Gasteiger partial charge in [0.05, 0.1) is 14.2 Å². The molecule has 2 heterocycles. The van der Waals surface area contributed by atoms with Gasteiger partial charge in [-0.25, -0.2) is 0 Å². The van der Waals surface area contributed by atoms with E-state index in [2.05, 4.69) is 23.2 Å². The van der Waals surface area contributed by atoms with Crippen LogP contribution in [0.4, 0.5) is 0 Å². The van der Waals surface area contributed by atoms with E-state index in [1.807, 2.05) is 17.0 Å². The maximum Gasteiger partial charge on any atom is 0.276 e. The van der Waals surface area contributed by atoms with E-state index < -0.39 is 0 Å². The molecule has 0 radical (unpaired) electrons. The van der Waals surface area contributed by atoms with Gasteiger partial charge < -0.3 is 23.8 Å². The van der Waals surface area contributed by atoms with Crippen molar-refractivity contribution in [3.8, 4) is 11.5 Å². The third kappa shape index (κ3) is 4.65. The van der Waals surface area contributed by atoms with Crippen LogP contribution in [-0.2, 0) is 6.42 Å². The molecule has 0 N–H and O–H groups in total. The highest BCUT2D eigenvalue weighted by atomic mass is 16.5. The first kappa shape index (κ1) is 20.2. The normalized spacial score (nSPS) is 17.0. The summed E-state index contributed by atoms with van der Waals surface area (Å²) in [6.07, 6.45) is 2.99. The van der Waals surface area contributed by atoms with Gasteiger partial charge in [0.25, 0.3) is 5.91 Å². The van der Waals surface area contributed by atoms with Gasteiger partial charge in [-0.2, -0.15) is 0 Å². The van der Waals surface area contributed by atoms with E-state index in [0.717, 1.165) is 43.9 Å². The number of benzene rings is 1. The summed E-state index contributed by atoms with van der Waals surface area (Å²) in [6, 6.07) is 8.07. The van der Waals surface area contributed by atoms with Crippen molar-refractivity contribution in [1.29, 1.82) is 0 Å². The minimum atomic E-state index is -0.0464. The van der Waals surface area contributed by atoms with Crippen molar-refractivity contribution in [3.63, 3.8) is 0 Å². The number of carbonyl (C=O) groups excluding carboxylic acids is 1. The first-order valence-electron chi connectivity index (χ1n) is 9.65. The molecule has 1 unspecified atom stereocenters. The first-order chi connectivity index (χ1) is 13.5. The molecule has 1 aromatic heterocycles. The van der Waals surface area contributed by atoms with E-state index in [0.29, 0.717) is 24.0 Å². The minimum Gasteiger partial charge on any atom is -0.493 e. The Labute approximate surface area is 166 Å². The van der Waals surface area contributed by atoms with Crippen LogP contribution in [0.5, 0.6) is 11.5 Å². The lowest BCUT2D eigenvalue weighted by Gasteiger charge is -2.37. The van der Waals surface area contributed by atoms with Crippen molar-refractivity contribution in [3.05, 3.63) is 41.3 Å². The van der Waals surface area contributed by atoms with Crippen molar-refractivity contribution in [2.75, 3.05) is 40.9 Å². The fourth-order valence-corrected chi connectivity index (χ4v) is 3.65. The molecule has 1 amide bonds. The van der Waals surface area contributed by atoms with Crippen molar-refractivity contribution >= 4 is 5.91 Å². The van der Waals surface area contributed by atoms with Crippen LogP contribution in [0.2, 0.25) is 0 Å². The molecular weight excluding hydrogens is 358 g/mol. The fourth-order valence-electron chi connectivity index (χ4n) is 3.65. The zero-order valence-corrected chi connectivity index (χ0v) is 17.1. The molecule has 0 aliphatic carbocycles. The van der Waals surface area contributed by atoms with E-state index in [1.165, 1.54) is 5.56 Å². The predicted octanol–water partition coefficient (Wildman–Crippen LogP) is 2.78. The first-order valence-corrected chi connectivity index (χ1v) is 9.65. The van der Waals surface area contributed by atoms with E-state index in [9.17, 15) is 4.79 Å². The maximum atomic E-state index is 12.7. The molecule has 1 atom stereocenters.